The molecular formula is C11H22N2O3. The highest BCUT2D eigenvalue weighted by Gasteiger charge is 2.24. The van der Waals surface area contributed by atoms with Crippen LogP contribution in [0.5, 0.6) is 0 Å². The van der Waals surface area contributed by atoms with Crippen molar-refractivity contribution in [1.29, 1.82) is 0 Å². The first-order valence-corrected chi connectivity index (χ1v) is 5.72. The Morgan fingerprint density at radius 2 is 2.31 bits per heavy atom. The van der Waals surface area contributed by atoms with Crippen LogP contribution < -0.4 is 11.1 Å². The standard InChI is InChI=1S/C11H22N2O3/c1-11(2,3)16-10(14)13-7-8(12)9-5-4-6-15-9/h8-9H,4-7,12H2,1-3H3,(H,13,14). The van der Waals surface area contributed by atoms with Gasteiger partial charge in [0.2, 0.25) is 0 Å². The van der Waals surface area contributed by atoms with E-state index in [0.717, 1.165) is 19.4 Å². The van der Waals surface area contributed by atoms with Crippen molar-refractivity contribution in [3.05, 3.63) is 0 Å². The van der Waals surface area contributed by atoms with E-state index in [2.05, 4.69) is 5.32 Å². The molecule has 1 saturated heterocycles. The van der Waals surface area contributed by atoms with Crippen LogP contribution >= 0.6 is 0 Å². The van der Waals surface area contributed by atoms with Gasteiger partial charge in [0, 0.05) is 19.2 Å². The lowest BCUT2D eigenvalue weighted by Gasteiger charge is -2.22. The number of carbonyl (C=O) groups is 1. The quantitative estimate of drug-likeness (QED) is 0.759. The number of carbonyl (C=O) groups excluding carboxylic acids is 1. The van der Waals surface area contributed by atoms with Crippen LogP contribution in [0.2, 0.25) is 0 Å². The van der Waals surface area contributed by atoms with Gasteiger partial charge in [-0.15, -0.1) is 0 Å². The molecule has 0 aromatic carbocycles. The number of ether oxygens (including phenoxy) is 2. The molecule has 5 heteroatoms. The van der Waals surface area contributed by atoms with Gasteiger partial charge in [-0.2, -0.15) is 0 Å². The van der Waals surface area contributed by atoms with E-state index in [1.54, 1.807) is 0 Å². The molecule has 3 N–H and O–H groups in total. The Hall–Kier alpha value is -0.810. The van der Waals surface area contributed by atoms with Gasteiger partial charge in [-0.05, 0) is 33.6 Å². The number of alkyl carbamates (subject to hydrolysis) is 1. The van der Waals surface area contributed by atoms with Crippen molar-refractivity contribution in [2.45, 2.75) is 51.4 Å². The monoisotopic (exact) mass is 230 g/mol. The van der Waals surface area contributed by atoms with Gasteiger partial charge in [0.05, 0.1) is 6.10 Å². The third kappa shape index (κ3) is 4.81. The lowest BCUT2D eigenvalue weighted by atomic mass is 10.1. The van der Waals surface area contributed by atoms with Crippen molar-refractivity contribution in [1.82, 2.24) is 5.32 Å². The van der Waals surface area contributed by atoms with Gasteiger partial charge < -0.3 is 20.5 Å². The van der Waals surface area contributed by atoms with Crippen LogP contribution in [0.1, 0.15) is 33.6 Å². The first-order valence-electron chi connectivity index (χ1n) is 5.72. The fraction of sp³-hybridized carbons (Fsp3) is 0.909. The first-order chi connectivity index (χ1) is 7.38. The Balaban J connectivity index is 2.20. The third-order valence-corrected chi connectivity index (χ3v) is 2.32. The summed E-state index contributed by atoms with van der Waals surface area (Å²) in [5.74, 6) is 0. The number of nitrogens with one attached hydrogen (secondary N) is 1. The SMILES string of the molecule is CC(C)(C)OC(=O)NCC(N)C1CCCO1. The predicted octanol–water partition coefficient (Wildman–Crippen LogP) is 1.02. The van der Waals surface area contributed by atoms with E-state index in [-0.39, 0.29) is 12.1 Å². The van der Waals surface area contributed by atoms with E-state index in [4.69, 9.17) is 15.2 Å². The molecule has 1 heterocycles. The number of amides is 1. The molecule has 0 saturated carbocycles. The van der Waals surface area contributed by atoms with E-state index in [1.165, 1.54) is 0 Å². The zero-order chi connectivity index (χ0) is 12.2. The van der Waals surface area contributed by atoms with Crippen LogP contribution in [0.25, 0.3) is 0 Å². The van der Waals surface area contributed by atoms with Gasteiger partial charge in [0.1, 0.15) is 5.60 Å². The van der Waals surface area contributed by atoms with Crippen LogP contribution in [0.3, 0.4) is 0 Å². The van der Waals surface area contributed by atoms with E-state index in [1.807, 2.05) is 20.8 Å². The second-order valence-corrected chi connectivity index (χ2v) is 5.10. The van der Waals surface area contributed by atoms with Crippen molar-refractivity contribution in [2.24, 2.45) is 5.73 Å². The molecule has 0 aliphatic carbocycles. The molecule has 0 aromatic rings. The summed E-state index contributed by atoms with van der Waals surface area (Å²) in [5.41, 5.74) is 5.42. The Kier molecular flexibility index (Phi) is 4.56. The summed E-state index contributed by atoms with van der Waals surface area (Å²) in [7, 11) is 0. The lowest BCUT2D eigenvalue weighted by Crippen LogP contribution is -2.45. The van der Waals surface area contributed by atoms with Crippen molar-refractivity contribution in [2.75, 3.05) is 13.2 Å². The maximum atomic E-state index is 11.3. The average Bonchev–Trinajstić information content (AvgIpc) is 2.64. The second kappa shape index (κ2) is 5.50. The smallest absolute Gasteiger partial charge is 0.407 e. The fourth-order valence-corrected chi connectivity index (χ4v) is 1.59. The van der Waals surface area contributed by atoms with E-state index < -0.39 is 11.7 Å². The summed E-state index contributed by atoms with van der Waals surface area (Å²) in [6.45, 7) is 6.64. The molecule has 0 spiro atoms. The average molecular weight is 230 g/mol. The molecule has 16 heavy (non-hydrogen) atoms. The highest BCUT2D eigenvalue weighted by Crippen LogP contribution is 2.14. The van der Waals surface area contributed by atoms with Crippen molar-refractivity contribution in [3.63, 3.8) is 0 Å². The van der Waals surface area contributed by atoms with Gasteiger partial charge in [-0.25, -0.2) is 4.79 Å². The Morgan fingerprint density at radius 3 is 2.81 bits per heavy atom. The zero-order valence-corrected chi connectivity index (χ0v) is 10.3. The van der Waals surface area contributed by atoms with E-state index in [9.17, 15) is 4.79 Å². The highest BCUT2D eigenvalue weighted by atomic mass is 16.6. The van der Waals surface area contributed by atoms with Crippen molar-refractivity contribution >= 4 is 6.09 Å². The van der Waals surface area contributed by atoms with Crippen LogP contribution in [-0.2, 0) is 9.47 Å². The Bertz CT molecular complexity index is 232. The molecule has 1 fully saturated rings. The molecule has 0 radical (unpaired) electrons. The molecular weight excluding hydrogens is 208 g/mol. The van der Waals surface area contributed by atoms with E-state index in [0.29, 0.717) is 6.54 Å². The van der Waals surface area contributed by atoms with Gasteiger partial charge in [0.15, 0.2) is 0 Å². The molecule has 5 nitrogen and oxygen atoms in total. The molecule has 1 aliphatic rings. The normalized spacial score (nSPS) is 22.9. The summed E-state index contributed by atoms with van der Waals surface area (Å²) >= 11 is 0. The summed E-state index contributed by atoms with van der Waals surface area (Å²) in [6.07, 6.45) is 1.65. The summed E-state index contributed by atoms with van der Waals surface area (Å²) in [4.78, 5) is 11.3. The summed E-state index contributed by atoms with van der Waals surface area (Å²) < 4.78 is 10.5. The number of rotatable bonds is 3. The van der Waals surface area contributed by atoms with Crippen LogP contribution in [-0.4, -0.2) is 37.0 Å². The Labute approximate surface area is 96.7 Å². The third-order valence-electron chi connectivity index (χ3n) is 2.32. The molecule has 1 aliphatic heterocycles. The lowest BCUT2D eigenvalue weighted by molar-refractivity contribution is 0.0495. The maximum Gasteiger partial charge on any atom is 0.407 e. The van der Waals surface area contributed by atoms with Crippen molar-refractivity contribution in [3.8, 4) is 0 Å². The molecule has 2 atom stereocenters. The number of hydrogen-bond acceptors (Lipinski definition) is 4. The minimum absolute atomic E-state index is 0.0648. The number of hydrogen-bond donors (Lipinski definition) is 2. The van der Waals surface area contributed by atoms with Gasteiger partial charge in [-0.1, -0.05) is 0 Å². The first kappa shape index (κ1) is 13.3. The fourth-order valence-electron chi connectivity index (χ4n) is 1.59. The maximum absolute atomic E-state index is 11.3. The van der Waals surface area contributed by atoms with Gasteiger partial charge in [0.25, 0.3) is 0 Å². The molecule has 94 valence electrons. The Morgan fingerprint density at radius 1 is 1.62 bits per heavy atom. The molecule has 1 rings (SSSR count). The highest BCUT2D eigenvalue weighted by molar-refractivity contribution is 5.67. The largest absolute Gasteiger partial charge is 0.444 e. The topological polar surface area (TPSA) is 73.6 Å². The molecule has 1 amide bonds. The minimum Gasteiger partial charge on any atom is -0.444 e. The van der Waals surface area contributed by atoms with E-state index >= 15 is 0 Å². The molecule has 0 bridgehead atoms. The summed E-state index contributed by atoms with van der Waals surface area (Å²) in [5, 5.41) is 2.65. The van der Waals surface area contributed by atoms with Crippen LogP contribution in [0.4, 0.5) is 4.79 Å². The van der Waals surface area contributed by atoms with Gasteiger partial charge >= 0.3 is 6.09 Å². The van der Waals surface area contributed by atoms with Gasteiger partial charge in [-0.3, -0.25) is 0 Å². The minimum atomic E-state index is -0.474. The van der Waals surface area contributed by atoms with Crippen LogP contribution in [0, 0.1) is 0 Å². The summed E-state index contributed by atoms with van der Waals surface area (Å²) in [6, 6.07) is -0.157. The predicted molar refractivity (Wildman–Crippen MR) is 61.2 cm³/mol. The van der Waals surface area contributed by atoms with Crippen LogP contribution in [0.15, 0.2) is 0 Å². The zero-order valence-electron chi connectivity index (χ0n) is 10.3. The molecule has 2 unspecified atom stereocenters. The molecule has 0 aromatic heterocycles. The van der Waals surface area contributed by atoms with Crippen molar-refractivity contribution < 1.29 is 14.3 Å². The number of nitrogens with two attached hydrogens (primary N) is 1. The second-order valence-electron chi connectivity index (χ2n) is 5.10.